The van der Waals surface area contributed by atoms with Crippen LogP contribution >= 0.6 is 0 Å². The van der Waals surface area contributed by atoms with Crippen LogP contribution in [0.25, 0.3) is 0 Å². The molecule has 1 aromatic rings. The van der Waals surface area contributed by atoms with Crippen LogP contribution in [0.4, 0.5) is 10.1 Å². The Morgan fingerprint density at radius 3 is 2.61 bits per heavy atom. The first-order valence-electron chi connectivity index (χ1n) is 4.82. The molecule has 0 amide bonds. The van der Waals surface area contributed by atoms with E-state index in [1.807, 2.05) is 0 Å². The minimum Gasteiger partial charge on any atom is -0.395 e. The minimum absolute atomic E-state index is 0.232. The molecule has 0 spiro atoms. The Kier molecular flexibility index (Phi) is 4.33. The standard InChI is InChI=1S/C9H11FN2O5S/c1-11(4-5-13)18(16,17)9-6-7(12(14)15)2-3-8(9)10/h2-3,6,13H,4-5H2,1H3. The van der Waals surface area contributed by atoms with Crippen molar-refractivity contribution in [1.82, 2.24) is 4.31 Å². The van der Waals surface area contributed by atoms with E-state index in [1.54, 1.807) is 0 Å². The predicted molar refractivity (Wildman–Crippen MR) is 60.0 cm³/mol. The van der Waals surface area contributed by atoms with E-state index in [4.69, 9.17) is 5.11 Å². The van der Waals surface area contributed by atoms with Crippen LogP contribution in [0.3, 0.4) is 0 Å². The molecule has 0 saturated heterocycles. The van der Waals surface area contributed by atoms with E-state index in [-0.39, 0.29) is 6.54 Å². The van der Waals surface area contributed by atoms with E-state index in [1.165, 1.54) is 0 Å². The van der Waals surface area contributed by atoms with Crippen molar-refractivity contribution >= 4 is 15.7 Å². The number of aliphatic hydroxyl groups is 1. The van der Waals surface area contributed by atoms with Gasteiger partial charge < -0.3 is 5.11 Å². The highest BCUT2D eigenvalue weighted by atomic mass is 32.2. The van der Waals surface area contributed by atoms with Gasteiger partial charge in [0.25, 0.3) is 5.69 Å². The van der Waals surface area contributed by atoms with Crippen molar-refractivity contribution in [3.63, 3.8) is 0 Å². The first-order chi connectivity index (χ1) is 8.30. The van der Waals surface area contributed by atoms with Gasteiger partial charge in [-0.05, 0) is 6.07 Å². The van der Waals surface area contributed by atoms with E-state index in [9.17, 15) is 22.9 Å². The van der Waals surface area contributed by atoms with E-state index in [0.717, 1.165) is 23.5 Å². The van der Waals surface area contributed by atoms with E-state index in [2.05, 4.69) is 0 Å². The van der Waals surface area contributed by atoms with Crippen LogP contribution in [0.1, 0.15) is 0 Å². The van der Waals surface area contributed by atoms with E-state index < -0.39 is 38.0 Å². The third kappa shape index (κ3) is 2.81. The van der Waals surface area contributed by atoms with Gasteiger partial charge in [0.15, 0.2) is 0 Å². The lowest BCUT2D eigenvalue weighted by Gasteiger charge is -2.15. The summed E-state index contributed by atoms with van der Waals surface area (Å²) in [4.78, 5) is 8.92. The van der Waals surface area contributed by atoms with Crippen LogP contribution in [0.15, 0.2) is 23.1 Å². The van der Waals surface area contributed by atoms with Crippen LogP contribution in [0.5, 0.6) is 0 Å². The summed E-state index contributed by atoms with van der Waals surface area (Å²) in [6.07, 6.45) is 0. The predicted octanol–water partition coefficient (Wildman–Crippen LogP) is 0.347. The Morgan fingerprint density at radius 1 is 1.50 bits per heavy atom. The molecule has 0 heterocycles. The number of benzene rings is 1. The zero-order valence-electron chi connectivity index (χ0n) is 9.41. The molecular formula is C9H11FN2O5S. The highest BCUT2D eigenvalue weighted by Gasteiger charge is 2.26. The highest BCUT2D eigenvalue weighted by molar-refractivity contribution is 7.89. The fourth-order valence-corrected chi connectivity index (χ4v) is 2.47. The summed E-state index contributed by atoms with van der Waals surface area (Å²) in [5.41, 5.74) is -0.521. The van der Waals surface area contributed by atoms with Crippen LogP contribution < -0.4 is 0 Å². The number of hydrogen-bond acceptors (Lipinski definition) is 5. The van der Waals surface area contributed by atoms with Gasteiger partial charge in [-0.2, -0.15) is 4.31 Å². The van der Waals surface area contributed by atoms with Crippen molar-refractivity contribution in [2.24, 2.45) is 0 Å². The molecule has 1 N–H and O–H groups in total. The van der Waals surface area contributed by atoms with Gasteiger partial charge in [0.2, 0.25) is 10.0 Å². The van der Waals surface area contributed by atoms with Gasteiger partial charge in [-0.25, -0.2) is 12.8 Å². The summed E-state index contributed by atoms with van der Waals surface area (Å²) >= 11 is 0. The Labute approximate surface area is 103 Å². The molecule has 100 valence electrons. The maximum Gasteiger partial charge on any atom is 0.270 e. The molecular weight excluding hydrogens is 267 g/mol. The fourth-order valence-electron chi connectivity index (χ4n) is 1.23. The van der Waals surface area contributed by atoms with Gasteiger partial charge in [0.05, 0.1) is 11.5 Å². The molecule has 1 aromatic carbocycles. The number of nitro benzene ring substituents is 1. The molecule has 0 aliphatic carbocycles. The second-order valence-corrected chi connectivity index (χ2v) is 5.44. The van der Waals surface area contributed by atoms with Gasteiger partial charge in [-0.3, -0.25) is 10.1 Å². The molecule has 0 bridgehead atoms. The largest absolute Gasteiger partial charge is 0.395 e. The number of nitrogens with zero attached hydrogens (tertiary/aromatic N) is 2. The summed E-state index contributed by atoms with van der Waals surface area (Å²) in [5.74, 6) is -1.08. The lowest BCUT2D eigenvalue weighted by atomic mass is 10.3. The van der Waals surface area contributed by atoms with Gasteiger partial charge in [-0.15, -0.1) is 0 Å². The van der Waals surface area contributed by atoms with Crippen LogP contribution in [0.2, 0.25) is 0 Å². The molecule has 0 fully saturated rings. The first kappa shape index (κ1) is 14.5. The lowest BCUT2D eigenvalue weighted by Crippen LogP contribution is -2.30. The second kappa shape index (κ2) is 5.38. The molecule has 0 atom stereocenters. The van der Waals surface area contributed by atoms with Crippen molar-refractivity contribution < 1.29 is 22.8 Å². The SMILES string of the molecule is CN(CCO)S(=O)(=O)c1cc([N+](=O)[O-])ccc1F. The van der Waals surface area contributed by atoms with Crippen LogP contribution in [0, 0.1) is 15.9 Å². The monoisotopic (exact) mass is 278 g/mol. The molecule has 18 heavy (non-hydrogen) atoms. The van der Waals surface area contributed by atoms with Gasteiger partial charge >= 0.3 is 0 Å². The molecule has 0 unspecified atom stereocenters. The summed E-state index contributed by atoms with van der Waals surface area (Å²) in [6.45, 7) is -0.670. The molecule has 7 nitrogen and oxygen atoms in total. The Hall–Kier alpha value is -1.58. The van der Waals surface area contributed by atoms with Crippen LogP contribution in [-0.4, -0.2) is 43.0 Å². The smallest absolute Gasteiger partial charge is 0.270 e. The van der Waals surface area contributed by atoms with Gasteiger partial charge in [0.1, 0.15) is 10.7 Å². The third-order valence-electron chi connectivity index (χ3n) is 2.23. The molecule has 0 radical (unpaired) electrons. The number of likely N-dealkylation sites (N-methyl/N-ethyl adjacent to an activating group) is 1. The quantitative estimate of drug-likeness (QED) is 0.618. The van der Waals surface area contributed by atoms with Gasteiger partial charge in [0, 0.05) is 25.7 Å². The van der Waals surface area contributed by atoms with Crippen molar-refractivity contribution in [3.05, 3.63) is 34.1 Å². The average Bonchev–Trinajstić information content (AvgIpc) is 2.29. The molecule has 9 heteroatoms. The van der Waals surface area contributed by atoms with Crippen molar-refractivity contribution in [1.29, 1.82) is 0 Å². The zero-order chi connectivity index (χ0) is 13.9. The zero-order valence-corrected chi connectivity index (χ0v) is 10.2. The Morgan fingerprint density at radius 2 is 2.11 bits per heavy atom. The molecule has 0 aliphatic heterocycles. The average molecular weight is 278 g/mol. The topological polar surface area (TPSA) is 101 Å². The number of non-ortho nitro benzene ring substituents is 1. The summed E-state index contributed by atoms with van der Waals surface area (Å²) in [7, 11) is -3.05. The summed E-state index contributed by atoms with van der Waals surface area (Å²) in [6, 6.07) is 2.25. The van der Waals surface area contributed by atoms with Gasteiger partial charge in [-0.1, -0.05) is 0 Å². The number of hydrogen-bond donors (Lipinski definition) is 1. The number of nitro groups is 1. The van der Waals surface area contributed by atoms with Crippen molar-refractivity contribution in [3.8, 4) is 0 Å². The number of sulfonamides is 1. The Balaban J connectivity index is 3.31. The normalized spacial score (nSPS) is 11.8. The van der Waals surface area contributed by atoms with E-state index in [0.29, 0.717) is 6.07 Å². The number of aliphatic hydroxyl groups excluding tert-OH is 1. The number of rotatable bonds is 5. The molecule has 0 aromatic heterocycles. The highest BCUT2D eigenvalue weighted by Crippen LogP contribution is 2.23. The van der Waals surface area contributed by atoms with Crippen LogP contribution in [-0.2, 0) is 10.0 Å². The fraction of sp³-hybridized carbons (Fsp3) is 0.333. The third-order valence-corrected chi connectivity index (χ3v) is 4.10. The summed E-state index contributed by atoms with van der Waals surface area (Å²) in [5, 5.41) is 19.2. The van der Waals surface area contributed by atoms with Crippen molar-refractivity contribution in [2.75, 3.05) is 20.2 Å². The van der Waals surface area contributed by atoms with E-state index >= 15 is 0 Å². The lowest BCUT2D eigenvalue weighted by molar-refractivity contribution is -0.385. The maximum atomic E-state index is 13.4. The Bertz CT molecular complexity index is 560. The number of halogens is 1. The molecule has 0 aliphatic rings. The minimum atomic E-state index is -4.19. The molecule has 0 saturated carbocycles. The second-order valence-electron chi connectivity index (χ2n) is 3.42. The maximum absolute atomic E-state index is 13.4. The molecule has 1 rings (SSSR count). The first-order valence-corrected chi connectivity index (χ1v) is 6.26. The summed E-state index contributed by atoms with van der Waals surface area (Å²) < 4.78 is 37.9. The van der Waals surface area contributed by atoms with Crippen molar-refractivity contribution in [2.45, 2.75) is 4.90 Å².